The number of aromatic nitrogens is 1. The van der Waals surface area contributed by atoms with Crippen molar-refractivity contribution in [2.75, 3.05) is 7.11 Å². The van der Waals surface area contributed by atoms with Gasteiger partial charge in [-0.15, -0.1) is 0 Å². The number of nitrogens with zero attached hydrogens (tertiary/aromatic N) is 1. The first-order valence-corrected chi connectivity index (χ1v) is 5.23. The molecule has 0 aliphatic heterocycles. The first-order valence-electron chi connectivity index (χ1n) is 4.15. The summed E-state index contributed by atoms with van der Waals surface area (Å²) in [5, 5.41) is 0. The third kappa shape index (κ3) is 3.06. The molecule has 0 radical (unpaired) electrons. The molecule has 1 rings (SSSR count). The smallest absolute Gasteiger partial charge is 0.311 e. The van der Waals surface area contributed by atoms with Gasteiger partial charge in [-0.2, -0.15) is 0 Å². The molecule has 88 valence electrons. The van der Waals surface area contributed by atoms with E-state index < -0.39 is 23.9 Å². The van der Waals surface area contributed by atoms with Crippen LogP contribution in [0.1, 0.15) is 17.8 Å². The van der Waals surface area contributed by atoms with Crippen molar-refractivity contribution < 1.29 is 22.7 Å². The maximum Gasteiger partial charge on any atom is 0.311 e. The van der Waals surface area contributed by atoms with Gasteiger partial charge in [0.25, 0.3) is 6.43 Å². The lowest BCUT2D eigenvalue weighted by Crippen LogP contribution is -2.10. The van der Waals surface area contributed by atoms with Crippen LogP contribution in [0.2, 0.25) is 0 Å². The molecule has 1 aromatic rings. The lowest BCUT2D eigenvalue weighted by Gasteiger charge is -2.06. The Morgan fingerprint density at radius 1 is 1.62 bits per heavy atom. The standard InChI is InChI=1S/C9H7F3INO2/c1-16-7(15)3-5-8(13)4(10)2-6(14-5)9(11)12/h2,9H,3H2,1H3. The zero-order chi connectivity index (χ0) is 12.3. The summed E-state index contributed by atoms with van der Waals surface area (Å²) in [6.07, 6.45) is -3.20. The molecule has 0 spiro atoms. The lowest BCUT2D eigenvalue weighted by molar-refractivity contribution is -0.139. The minimum absolute atomic E-state index is 0.0391. The predicted molar refractivity (Wildman–Crippen MR) is 57.6 cm³/mol. The lowest BCUT2D eigenvalue weighted by atomic mass is 10.2. The summed E-state index contributed by atoms with van der Waals surface area (Å²) in [5.74, 6) is -1.47. The summed E-state index contributed by atoms with van der Waals surface area (Å²) in [6, 6.07) is 0.660. The monoisotopic (exact) mass is 345 g/mol. The van der Waals surface area contributed by atoms with Gasteiger partial charge < -0.3 is 4.74 Å². The number of hydrogen-bond acceptors (Lipinski definition) is 3. The predicted octanol–water partition coefficient (Wildman–Crippen LogP) is 2.48. The van der Waals surface area contributed by atoms with Crippen LogP contribution in [0.5, 0.6) is 0 Å². The normalized spacial score (nSPS) is 10.6. The number of esters is 1. The molecule has 0 saturated heterocycles. The van der Waals surface area contributed by atoms with Gasteiger partial charge >= 0.3 is 5.97 Å². The van der Waals surface area contributed by atoms with E-state index in [9.17, 15) is 18.0 Å². The summed E-state index contributed by atoms with van der Waals surface area (Å²) in [4.78, 5) is 14.5. The van der Waals surface area contributed by atoms with E-state index in [1.54, 1.807) is 22.6 Å². The van der Waals surface area contributed by atoms with Crippen LogP contribution in [-0.2, 0) is 16.0 Å². The Balaban J connectivity index is 3.11. The summed E-state index contributed by atoms with van der Waals surface area (Å²) in [6.45, 7) is 0. The average molecular weight is 345 g/mol. The van der Waals surface area contributed by atoms with Gasteiger partial charge in [0.2, 0.25) is 0 Å². The van der Waals surface area contributed by atoms with Gasteiger partial charge in [-0.25, -0.2) is 18.2 Å². The Labute approximate surface area is 103 Å². The summed E-state index contributed by atoms with van der Waals surface area (Å²) in [7, 11) is 1.16. The maximum absolute atomic E-state index is 13.2. The van der Waals surface area contributed by atoms with Crippen molar-refractivity contribution in [3.05, 3.63) is 26.8 Å². The Kier molecular flexibility index (Phi) is 4.51. The minimum Gasteiger partial charge on any atom is -0.469 e. The Morgan fingerprint density at radius 2 is 2.25 bits per heavy atom. The van der Waals surface area contributed by atoms with Crippen LogP contribution in [0.4, 0.5) is 13.2 Å². The Morgan fingerprint density at radius 3 is 2.75 bits per heavy atom. The van der Waals surface area contributed by atoms with Gasteiger partial charge in [0.1, 0.15) is 11.5 Å². The number of carbonyl (C=O) groups is 1. The van der Waals surface area contributed by atoms with Gasteiger partial charge in [-0.1, -0.05) is 0 Å². The summed E-state index contributed by atoms with van der Waals surface area (Å²) in [5.41, 5.74) is -0.723. The number of alkyl halides is 2. The van der Waals surface area contributed by atoms with Crippen molar-refractivity contribution in [1.82, 2.24) is 4.98 Å². The van der Waals surface area contributed by atoms with Crippen LogP contribution in [0.25, 0.3) is 0 Å². The molecule has 1 aromatic heterocycles. The highest BCUT2D eigenvalue weighted by Gasteiger charge is 2.18. The van der Waals surface area contributed by atoms with E-state index in [-0.39, 0.29) is 15.7 Å². The van der Waals surface area contributed by atoms with E-state index in [4.69, 9.17) is 0 Å². The molecule has 0 saturated carbocycles. The number of rotatable bonds is 3. The average Bonchev–Trinajstić information content (AvgIpc) is 2.23. The first kappa shape index (κ1) is 13.2. The molecule has 0 atom stereocenters. The molecule has 3 nitrogen and oxygen atoms in total. The summed E-state index contributed by atoms with van der Waals surface area (Å²) < 4.78 is 42.3. The van der Waals surface area contributed by atoms with Gasteiger partial charge in [-0.3, -0.25) is 4.79 Å². The third-order valence-electron chi connectivity index (χ3n) is 1.76. The highest BCUT2D eigenvalue weighted by molar-refractivity contribution is 14.1. The van der Waals surface area contributed by atoms with Crippen LogP contribution >= 0.6 is 22.6 Å². The highest BCUT2D eigenvalue weighted by atomic mass is 127. The number of halogens is 4. The largest absolute Gasteiger partial charge is 0.469 e. The second-order valence-electron chi connectivity index (χ2n) is 2.84. The molecule has 7 heteroatoms. The molecule has 0 bridgehead atoms. The third-order valence-corrected chi connectivity index (χ3v) is 2.90. The molecular formula is C9H7F3INO2. The molecule has 1 heterocycles. The van der Waals surface area contributed by atoms with Crippen LogP contribution in [0.15, 0.2) is 6.07 Å². The van der Waals surface area contributed by atoms with Crippen LogP contribution in [0, 0.1) is 9.39 Å². The van der Waals surface area contributed by atoms with Crippen molar-refractivity contribution >= 4 is 28.6 Å². The van der Waals surface area contributed by atoms with Crippen molar-refractivity contribution in [1.29, 1.82) is 0 Å². The SMILES string of the molecule is COC(=O)Cc1nc(C(F)F)cc(F)c1I. The van der Waals surface area contributed by atoms with Gasteiger partial charge in [-0.05, 0) is 22.6 Å². The van der Waals surface area contributed by atoms with E-state index in [1.807, 2.05) is 0 Å². The van der Waals surface area contributed by atoms with Crippen LogP contribution in [0.3, 0.4) is 0 Å². The molecule has 0 aromatic carbocycles. The van der Waals surface area contributed by atoms with Gasteiger partial charge in [0.15, 0.2) is 0 Å². The van der Waals surface area contributed by atoms with Crippen LogP contribution < -0.4 is 0 Å². The second kappa shape index (κ2) is 5.46. The Bertz CT molecular complexity index is 412. The van der Waals surface area contributed by atoms with E-state index in [0.717, 1.165) is 7.11 Å². The number of methoxy groups -OCH3 is 1. The van der Waals surface area contributed by atoms with E-state index in [0.29, 0.717) is 6.07 Å². The second-order valence-corrected chi connectivity index (χ2v) is 3.92. The fraction of sp³-hybridized carbons (Fsp3) is 0.333. The topological polar surface area (TPSA) is 39.2 Å². The number of pyridine rings is 1. The van der Waals surface area contributed by atoms with Crippen molar-refractivity contribution in [3.63, 3.8) is 0 Å². The van der Waals surface area contributed by atoms with Gasteiger partial charge in [0, 0.05) is 6.07 Å². The van der Waals surface area contributed by atoms with Crippen LogP contribution in [-0.4, -0.2) is 18.1 Å². The van der Waals surface area contributed by atoms with Crippen molar-refractivity contribution in [2.45, 2.75) is 12.8 Å². The summed E-state index contributed by atoms with van der Waals surface area (Å²) >= 11 is 1.60. The molecule has 0 amide bonds. The zero-order valence-electron chi connectivity index (χ0n) is 8.14. The van der Waals surface area contributed by atoms with E-state index in [2.05, 4.69) is 9.72 Å². The number of carbonyl (C=O) groups excluding carboxylic acids is 1. The Hall–Kier alpha value is -0.860. The fourth-order valence-corrected chi connectivity index (χ4v) is 1.47. The van der Waals surface area contributed by atoms with E-state index in [1.165, 1.54) is 0 Å². The highest BCUT2D eigenvalue weighted by Crippen LogP contribution is 2.22. The van der Waals surface area contributed by atoms with Gasteiger partial charge in [0.05, 0.1) is 22.8 Å². The molecule has 0 fully saturated rings. The molecule has 16 heavy (non-hydrogen) atoms. The molecule has 0 N–H and O–H groups in total. The number of hydrogen-bond donors (Lipinski definition) is 0. The minimum atomic E-state index is -2.87. The molecule has 0 unspecified atom stereocenters. The first-order chi connectivity index (χ1) is 7.45. The fourth-order valence-electron chi connectivity index (χ4n) is 1.01. The molecule has 0 aliphatic carbocycles. The number of ether oxygens (including phenoxy) is 1. The molecule has 0 aliphatic rings. The van der Waals surface area contributed by atoms with E-state index >= 15 is 0 Å². The maximum atomic E-state index is 13.2. The molecular weight excluding hydrogens is 338 g/mol. The zero-order valence-corrected chi connectivity index (χ0v) is 10.3. The quantitative estimate of drug-likeness (QED) is 0.624. The van der Waals surface area contributed by atoms with Crippen molar-refractivity contribution in [2.24, 2.45) is 0 Å². The van der Waals surface area contributed by atoms with Crippen molar-refractivity contribution in [3.8, 4) is 0 Å².